The fourth-order valence-corrected chi connectivity index (χ4v) is 2.07. The molecule has 1 aliphatic heterocycles. The van der Waals surface area contributed by atoms with Crippen LogP contribution in [0.15, 0.2) is 24.3 Å². The predicted molar refractivity (Wildman–Crippen MR) is 71.7 cm³/mol. The number of rotatable bonds is 3. The Kier molecular flexibility index (Phi) is 5.74. The first-order valence-electron chi connectivity index (χ1n) is 6.10. The van der Waals surface area contributed by atoms with Crippen molar-refractivity contribution in [2.75, 3.05) is 0 Å². The maximum atomic E-state index is 12.8. The van der Waals surface area contributed by atoms with E-state index in [9.17, 15) is 22.8 Å². The zero-order valence-electron chi connectivity index (χ0n) is 10.9. The van der Waals surface area contributed by atoms with Gasteiger partial charge in [-0.2, -0.15) is 13.2 Å². The lowest BCUT2D eigenvalue weighted by atomic mass is 10.0. The number of piperidine rings is 1. The zero-order chi connectivity index (χ0) is 14.8. The molecule has 4 nitrogen and oxygen atoms in total. The highest BCUT2D eigenvalue weighted by Crippen LogP contribution is 2.31. The number of carbonyl (C=O) groups is 2. The van der Waals surface area contributed by atoms with Gasteiger partial charge in [0.2, 0.25) is 11.8 Å². The first kappa shape index (κ1) is 17.5. The molecule has 21 heavy (non-hydrogen) atoms. The molecule has 1 unspecified atom stereocenters. The van der Waals surface area contributed by atoms with Crippen LogP contribution >= 0.6 is 12.4 Å². The van der Waals surface area contributed by atoms with Crippen LogP contribution < -0.4 is 10.6 Å². The van der Waals surface area contributed by atoms with Gasteiger partial charge in [-0.25, -0.2) is 0 Å². The van der Waals surface area contributed by atoms with Crippen molar-refractivity contribution in [3.05, 3.63) is 35.4 Å². The summed E-state index contributed by atoms with van der Waals surface area (Å²) in [4.78, 5) is 22.5. The average molecular weight is 323 g/mol. The molecule has 2 rings (SSSR count). The van der Waals surface area contributed by atoms with Gasteiger partial charge in [0.1, 0.15) is 0 Å². The van der Waals surface area contributed by atoms with Gasteiger partial charge in [0.25, 0.3) is 0 Å². The van der Waals surface area contributed by atoms with Crippen molar-refractivity contribution < 1.29 is 22.8 Å². The minimum absolute atomic E-state index is 0. The Balaban J connectivity index is 0.00000220. The number of imide groups is 1. The van der Waals surface area contributed by atoms with E-state index in [0.717, 1.165) is 6.07 Å². The van der Waals surface area contributed by atoms with E-state index in [0.29, 0.717) is 6.42 Å². The second-order valence-electron chi connectivity index (χ2n) is 4.54. The van der Waals surface area contributed by atoms with Gasteiger partial charge in [-0.15, -0.1) is 12.4 Å². The lowest BCUT2D eigenvalue weighted by molar-refractivity contribution is -0.138. The molecule has 0 aromatic heterocycles. The second-order valence-corrected chi connectivity index (χ2v) is 4.54. The summed E-state index contributed by atoms with van der Waals surface area (Å²) in [6.07, 6.45) is -3.95. The van der Waals surface area contributed by atoms with Crippen LogP contribution in [0, 0.1) is 0 Å². The Hall–Kier alpha value is -1.60. The molecule has 1 aromatic carbocycles. The van der Waals surface area contributed by atoms with Crippen molar-refractivity contribution in [3.8, 4) is 0 Å². The number of amides is 2. The number of alkyl halides is 3. The molecule has 1 fully saturated rings. The number of benzene rings is 1. The van der Waals surface area contributed by atoms with Gasteiger partial charge in [-0.05, 0) is 18.1 Å². The lowest BCUT2D eigenvalue weighted by Gasteiger charge is -2.22. The van der Waals surface area contributed by atoms with Crippen molar-refractivity contribution in [1.29, 1.82) is 0 Å². The Labute approximate surface area is 125 Å². The third kappa shape index (κ3) is 4.44. The van der Waals surface area contributed by atoms with E-state index in [2.05, 4.69) is 10.6 Å². The SMILES string of the molecule is Cl.O=C1CCC(NCc2ccccc2C(F)(F)F)C(=O)N1. The van der Waals surface area contributed by atoms with E-state index in [-0.39, 0.29) is 36.8 Å². The molecule has 1 heterocycles. The maximum absolute atomic E-state index is 12.8. The topological polar surface area (TPSA) is 58.2 Å². The summed E-state index contributed by atoms with van der Waals surface area (Å²) in [5.74, 6) is -0.852. The number of halogens is 4. The van der Waals surface area contributed by atoms with Gasteiger partial charge in [0, 0.05) is 13.0 Å². The summed E-state index contributed by atoms with van der Waals surface area (Å²) in [6.45, 7) is -0.0814. The van der Waals surface area contributed by atoms with Crippen LogP contribution in [-0.4, -0.2) is 17.9 Å². The van der Waals surface area contributed by atoms with Crippen LogP contribution in [0.25, 0.3) is 0 Å². The largest absolute Gasteiger partial charge is 0.416 e. The normalized spacial score (nSPS) is 18.9. The summed E-state index contributed by atoms with van der Waals surface area (Å²) >= 11 is 0. The molecule has 2 N–H and O–H groups in total. The summed E-state index contributed by atoms with van der Waals surface area (Å²) in [6, 6.07) is 4.55. The monoisotopic (exact) mass is 322 g/mol. The van der Waals surface area contributed by atoms with Crippen molar-refractivity contribution in [2.24, 2.45) is 0 Å². The fourth-order valence-electron chi connectivity index (χ4n) is 2.07. The van der Waals surface area contributed by atoms with Gasteiger partial charge in [0.05, 0.1) is 11.6 Å². The molecular formula is C13H14ClF3N2O2. The molecule has 116 valence electrons. The van der Waals surface area contributed by atoms with Gasteiger partial charge >= 0.3 is 6.18 Å². The molecule has 1 aliphatic rings. The van der Waals surface area contributed by atoms with Crippen LogP contribution in [0.4, 0.5) is 13.2 Å². The number of nitrogens with one attached hydrogen (secondary N) is 2. The van der Waals surface area contributed by atoms with Crippen LogP contribution in [0.5, 0.6) is 0 Å². The molecule has 0 spiro atoms. The molecular weight excluding hydrogens is 309 g/mol. The van der Waals surface area contributed by atoms with Crippen molar-refractivity contribution in [2.45, 2.75) is 31.6 Å². The van der Waals surface area contributed by atoms with E-state index < -0.39 is 23.7 Å². The van der Waals surface area contributed by atoms with E-state index >= 15 is 0 Å². The molecule has 0 saturated carbocycles. The molecule has 0 aliphatic carbocycles. The summed E-state index contributed by atoms with van der Waals surface area (Å²) in [5, 5.41) is 4.90. The number of hydrogen-bond donors (Lipinski definition) is 2. The van der Waals surface area contributed by atoms with Crippen molar-refractivity contribution in [1.82, 2.24) is 10.6 Å². The lowest BCUT2D eigenvalue weighted by Crippen LogP contribution is -2.50. The van der Waals surface area contributed by atoms with Gasteiger partial charge in [-0.1, -0.05) is 18.2 Å². The second kappa shape index (κ2) is 6.91. The van der Waals surface area contributed by atoms with Gasteiger partial charge < -0.3 is 5.32 Å². The van der Waals surface area contributed by atoms with E-state index in [1.54, 1.807) is 0 Å². The molecule has 8 heteroatoms. The molecule has 0 bridgehead atoms. The van der Waals surface area contributed by atoms with Crippen LogP contribution in [0.3, 0.4) is 0 Å². The van der Waals surface area contributed by atoms with Gasteiger partial charge in [0.15, 0.2) is 0 Å². The Morgan fingerprint density at radius 2 is 1.90 bits per heavy atom. The minimum atomic E-state index is -4.43. The standard InChI is InChI=1S/C13H13F3N2O2.ClH/c14-13(15,16)9-4-2-1-3-8(9)7-17-10-5-6-11(19)18-12(10)20;/h1-4,10,17H,5-7H2,(H,18,19,20);1H. The maximum Gasteiger partial charge on any atom is 0.416 e. The summed E-state index contributed by atoms with van der Waals surface area (Å²) in [7, 11) is 0. The third-order valence-corrected chi connectivity index (χ3v) is 3.10. The third-order valence-electron chi connectivity index (χ3n) is 3.10. The highest BCUT2D eigenvalue weighted by molar-refractivity contribution is 6.00. The van der Waals surface area contributed by atoms with Crippen LogP contribution in [-0.2, 0) is 22.3 Å². The average Bonchev–Trinajstić information content (AvgIpc) is 2.37. The summed E-state index contributed by atoms with van der Waals surface area (Å²) in [5.41, 5.74) is -0.649. The number of carbonyl (C=O) groups excluding carboxylic acids is 2. The minimum Gasteiger partial charge on any atom is -0.302 e. The summed E-state index contributed by atoms with van der Waals surface area (Å²) < 4.78 is 38.4. The van der Waals surface area contributed by atoms with Gasteiger partial charge in [-0.3, -0.25) is 14.9 Å². The fraction of sp³-hybridized carbons (Fsp3) is 0.385. The smallest absolute Gasteiger partial charge is 0.302 e. The molecule has 1 atom stereocenters. The van der Waals surface area contributed by atoms with Crippen LogP contribution in [0.2, 0.25) is 0 Å². The highest BCUT2D eigenvalue weighted by Gasteiger charge is 2.33. The van der Waals surface area contributed by atoms with Crippen LogP contribution in [0.1, 0.15) is 24.0 Å². The van der Waals surface area contributed by atoms with E-state index in [4.69, 9.17) is 0 Å². The van der Waals surface area contributed by atoms with E-state index in [1.807, 2.05) is 0 Å². The predicted octanol–water partition coefficient (Wildman–Crippen LogP) is 2.02. The molecule has 1 saturated heterocycles. The molecule has 2 amide bonds. The first-order chi connectivity index (χ1) is 9.38. The Bertz CT molecular complexity index is 534. The molecule has 1 aromatic rings. The Morgan fingerprint density at radius 3 is 2.52 bits per heavy atom. The van der Waals surface area contributed by atoms with E-state index in [1.165, 1.54) is 18.2 Å². The molecule has 0 radical (unpaired) electrons. The van der Waals surface area contributed by atoms with Crippen molar-refractivity contribution >= 4 is 24.2 Å². The van der Waals surface area contributed by atoms with Crippen molar-refractivity contribution in [3.63, 3.8) is 0 Å². The zero-order valence-corrected chi connectivity index (χ0v) is 11.7. The first-order valence-corrected chi connectivity index (χ1v) is 6.10. The highest BCUT2D eigenvalue weighted by atomic mass is 35.5. The quantitative estimate of drug-likeness (QED) is 0.837. The Morgan fingerprint density at radius 1 is 1.24 bits per heavy atom. The number of hydrogen-bond acceptors (Lipinski definition) is 3.